The molecular formula is C15H28N6. The van der Waals surface area contributed by atoms with E-state index in [0.29, 0.717) is 12.0 Å². The summed E-state index contributed by atoms with van der Waals surface area (Å²) < 4.78 is 0. The van der Waals surface area contributed by atoms with Gasteiger partial charge in [0.15, 0.2) is 0 Å². The molecule has 118 valence electrons. The zero-order valence-corrected chi connectivity index (χ0v) is 13.8. The van der Waals surface area contributed by atoms with Crippen LogP contribution in [0.1, 0.15) is 46.0 Å². The summed E-state index contributed by atoms with van der Waals surface area (Å²) in [5.41, 5.74) is 0. The van der Waals surface area contributed by atoms with Crippen LogP contribution in [0.5, 0.6) is 0 Å². The number of anilines is 3. The highest BCUT2D eigenvalue weighted by Crippen LogP contribution is 2.25. The Balaban J connectivity index is 2.29. The predicted molar refractivity (Wildman–Crippen MR) is 88.2 cm³/mol. The summed E-state index contributed by atoms with van der Waals surface area (Å²) in [5, 5.41) is 3.29. The van der Waals surface area contributed by atoms with Crippen LogP contribution in [0.2, 0.25) is 0 Å². The van der Waals surface area contributed by atoms with Gasteiger partial charge < -0.3 is 15.1 Å². The molecule has 1 N–H and O–H groups in total. The summed E-state index contributed by atoms with van der Waals surface area (Å²) in [4.78, 5) is 18.1. The summed E-state index contributed by atoms with van der Waals surface area (Å²) in [6.07, 6.45) is 5.95. The highest BCUT2D eigenvalue weighted by atomic mass is 15.4. The standard InChI is InChI=1S/C15H28N6/c1-5-10-16-13-17-14(20(3)4)19-15(18-13)21-11-8-7-9-12(21)6-2/h12H,5-11H2,1-4H3,(H,16,17,18,19). The molecule has 0 aliphatic carbocycles. The quantitative estimate of drug-likeness (QED) is 0.869. The van der Waals surface area contributed by atoms with Gasteiger partial charge in [-0.25, -0.2) is 0 Å². The molecule has 1 fully saturated rings. The normalized spacial score (nSPS) is 18.7. The van der Waals surface area contributed by atoms with Gasteiger partial charge in [-0.3, -0.25) is 0 Å². The Morgan fingerprint density at radius 3 is 2.67 bits per heavy atom. The van der Waals surface area contributed by atoms with Crippen molar-refractivity contribution in [2.24, 2.45) is 0 Å². The molecule has 1 aliphatic heterocycles. The number of hydrogen-bond donors (Lipinski definition) is 1. The molecule has 0 amide bonds. The summed E-state index contributed by atoms with van der Waals surface area (Å²) in [6.45, 7) is 6.31. The Labute approximate surface area is 128 Å². The van der Waals surface area contributed by atoms with Crippen LogP contribution in [0.25, 0.3) is 0 Å². The molecule has 6 heteroatoms. The van der Waals surface area contributed by atoms with Crippen molar-refractivity contribution in [2.45, 2.75) is 52.0 Å². The highest BCUT2D eigenvalue weighted by molar-refractivity contribution is 5.45. The third kappa shape index (κ3) is 3.95. The lowest BCUT2D eigenvalue weighted by Gasteiger charge is -2.35. The van der Waals surface area contributed by atoms with Gasteiger partial charge in [0.2, 0.25) is 17.8 Å². The minimum atomic E-state index is 0.551. The number of rotatable bonds is 6. The van der Waals surface area contributed by atoms with Crippen molar-refractivity contribution in [1.29, 1.82) is 0 Å². The molecule has 21 heavy (non-hydrogen) atoms. The Bertz CT molecular complexity index is 448. The maximum absolute atomic E-state index is 4.65. The second-order valence-electron chi connectivity index (χ2n) is 5.83. The molecule has 1 atom stereocenters. The number of nitrogens with zero attached hydrogens (tertiary/aromatic N) is 5. The largest absolute Gasteiger partial charge is 0.354 e. The predicted octanol–water partition coefficient (Wildman–Crippen LogP) is 2.53. The minimum absolute atomic E-state index is 0.551. The average Bonchev–Trinajstić information content (AvgIpc) is 2.52. The molecule has 0 aromatic carbocycles. The topological polar surface area (TPSA) is 57.2 Å². The van der Waals surface area contributed by atoms with Crippen molar-refractivity contribution >= 4 is 17.8 Å². The van der Waals surface area contributed by atoms with Crippen LogP contribution in [0.3, 0.4) is 0 Å². The third-order valence-corrected chi connectivity index (χ3v) is 3.90. The van der Waals surface area contributed by atoms with Crippen LogP contribution in [0.4, 0.5) is 17.8 Å². The molecule has 1 unspecified atom stereocenters. The molecule has 0 bridgehead atoms. The van der Waals surface area contributed by atoms with Crippen molar-refractivity contribution < 1.29 is 0 Å². The number of nitrogens with one attached hydrogen (secondary N) is 1. The fraction of sp³-hybridized carbons (Fsp3) is 0.800. The monoisotopic (exact) mass is 292 g/mol. The number of piperidine rings is 1. The van der Waals surface area contributed by atoms with E-state index in [1.807, 2.05) is 19.0 Å². The van der Waals surface area contributed by atoms with Crippen molar-refractivity contribution in [2.75, 3.05) is 42.3 Å². The van der Waals surface area contributed by atoms with Crippen molar-refractivity contribution in [3.8, 4) is 0 Å². The molecule has 1 aromatic rings. The molecule has 0 radical (unpaired) electrons. The molecule has 1 saturated heterocycles. The van der Waals surface area contributed by atoms with Crippen LogP contribution in [-0.4, -0.2) is 48.2 Å². The van der Waals surface area contributed by atoms with Crippen molar-refractivity contribution in [3.05, 3.63) is 0 Å². The van der Waals surface area contributed by atoms with Crippen LogP contribution >= 0.6 is 0 Å². The van der Waals surface area contributed by atoms with E-state index >= 15 is 0 Å². The van der Waals surface area contributed by atoms with E-state index in [-0.39, 0.29) is 0 Å². The van der Waals surface area contributed by atoms with Crippen LogP contribution in [0, 0.1) is 0 Å². The van der Waals surface area contributed by atoms with E-state index in [9.17, 15) is 0 Å². The number of aromatic nitrogens is 3. The Morgan fingerprint density at radius 1 is 1.19 bits per heavy atom. The molecular weight excluding hydrogens is 264 g/mol. The maximum Gasteiger partial charge on any atom is 0.232 e. The van der Waals surface area contributed by atoms with Gasteiger partial charge in [0, 0.05) is 33.2 Å². The molecule has 0 saturated carbocycles. The van der Waals surface area contributed by atoms with Crippen molar-refractivity contribution in [3.63, 3.8) is 0 Å². The first-order valence-corrected chi connectivity index (χ1v) is 8.09. The van der Waals surface area contributed by atoms with Gasteiger partial charge in [-0.2, -0.15) is 15.0 Å². The van der Waals surface area contributed by atoms with Gasteiger partial charge in [0.25, 0.3) is 0 Å². The van der Waals surface area contributed by atoms with Gasteiger partial charge in [-0.1, -0.05) is 13.8 Å². The lowest BCUT2D eigenvalue weighted by Crippen LogP contribution is -2.40. The van der Waals surface area contributed by atoms with E-state index in [1.54, 1.807) is 0 Å². The first-order chi connectivity index (χ1) is 10.2. The van der Waals surface area contributed by atoms with Crippen LogP contribution < -0.4 is 15.1 Å². The molecule has 1 aliphatic rings. The smallest absolute Gasteiger partial charge is 0.232 e. The minimum Gasteiger partial charge on any atom is -0.354 e. The molecule has 6 nitrogen and oxygen atoms in total. The highest BCUT2D eigenvalue weighted by Gasteiger charge is 2.24. The summed E-state index contributed by atoms with van der Waals surface area (Å²) >= 11 is 0. The third-order valence-electron chi connectivity index (χ3n) is 3.90. The van der Waals surface area contributed by atoms with E-state index in [1.165, 1.54) is 19.3 Å². The lowest BCUT2D eigenvalue weighted by atomic mass is 10.0. The fourth-order valence-corrected chi connectivity index (χ4v) is 2.69. The Hall–Kier alpha value is -1.59. The van der Waals surface area contributed by atoms with E-state index in [0.717, 1.165) is 37.8 Å². The molecule has 1 aromatic heterocycles. The van der Waals surface area contributed by atoms with E-state index in [4.69, 9.17) is 0 Å². The Kier molecular flexibility index (Phi) is 5.59. The average molecular weight is 292 g/mol. The van der Waals surface area contributed by atoms with Crippen LogP contribution in [-0.2, 0) is 0 Å². The lowest BCUT2D eigenvalue weighted by molar-refractivity contribution is 0.443. The second kappa shape index (κ2) is 7.43. The SMILES string of the molecule is CCCNc1nc(N(C)C)nc(N2CCCCC2CC)n1. The van der Waals surface area contributed by atoms with Crippen molar-refractivity contribution in [1.82, 2.24) is 15.0 Å². The molecule has 0 spiro atoms. The first-order valence-electron chi connectivity index (χ1n) is 8.09. The van der Waals surface area contributed by atoms with E-state index < -0.39 is 0 Å². The zero-order valence-electron chi connectivity index (χ0n) is 13.8. The second-order valence-corrected chi connectivity index (χ2v) is 5.83. The number of hydrogen-bond acceptors (Lipinski definition) is 6. The summed E-state index contributed by atoms with van der Waals surface area (Å²) in [7, 11) is 3.94. The van der Waals surface area contributed by atoms with Gasteiger partial charge in [0.1, 0.15) is 0 Å². The van der Waals surface area contributed by atoms with Gasteiger partial charge in [-0.05, 0) is 32.1 Å². The molecule has 2 rings (SSSR count). The van der Waals surface area contributed by atoms with Gasteiger partial charge in [-0.15, -0.1) is 0 Å². The first kappa shape index (κ1) is 15.8. The van der Waals surface area contributed by atoms with Gasteiger partial charge >= 0.3 is 0 Å². The summed E-state index contributed by atoms with van der Waals surface area (Å²) in [6, 6.07) is 0.551. The van der Waals surface area contributed by atoms with Crippen LogP contribution in [0.15, 0.2) is 0 Å². The van der Waals surface area contributed by atoms with E-state index in [2.05, 4.69) is 39.0 Å². The molecule has 2 heterocycles. The fourth-order valence-electron chi connectivity index (χ4n) is 2.69. The Morgan fingerprint density at radius 2 is 2.00 bits per heavy atom. The summed E-state index contributed by atoms with van der Waals surface area (Å²) in [5.74, 6) is 2.23. The maximum atomic E-state index is 4.65. The zero-order chi connectivity index (χ0) is 15.2. The van der Waals surface area contributed by atoms with Gasteiger partial charge in [0.05, 0.1) is 0 Å².